The van der Waals surface area contributed by atoms with Gasteiger partial charge in [0.05, 0.1) is 11.1 Å². The van der Waals surface area contributed by atoms with Gasteiger partial charge in [0.1, 0.15) is 6.10 Å². The maximum absolute atomic E-state index is 13.2. The van der Waals surface area contributed by atoms with E-state index in [1.54, 1.807) is 0 Å². The van der Waals surface area contributed by atoms with Crippen LogP contribution in [0.4, 0.5) is 0 Å². The number of carboxylic acids is 1. The van der Waals surface area contributed by atoms with Crippen molar-refractivity contribution in [3.8, 4) is 0 Å². The monoisotopic (exact) mass is 730 g/mol. The summed E-state index contributed by atoms with van der Waals surface area (Å²) in [5.74, 6) is -1.79. The van der Waals surface area contributed by atoms with Crippen LogP contribution in [0.1, 0.15) is 131 Å². The van der Waals surface area contributed by atoms with E-state index >= 15 is 0 Å². The van der Waals surface area contributed by atoms with E-state index < -0.39 is 11.9 Å². The SMILES string of the molecule is CCCCCCCCCC(CCCCCCCC)OC(=O)c1c(Br)c(Br)c(Br)c(Br)c1C(=O)O. The van der Waals surface area contributed by atoms with Crippen molar-refractivity contribution in [3.63, 3.8) is 0 Å². The Bertz CT molecular complexity index is 783. The van der Waals surface area contributed by atoms with Gasteiger partial charge in [-0.2, -0.15) is 0 Å². The van der Waals surface area contributed by atoms with Crippen LogP contribution in [-0.4, -0.2) is 23.1 Å². The van der Waals surface area contributed by atoms with Crippen molar-refractivity contribution in [1.29, 1.82) is 0 Å². The Balaban J connectivity index is 2.88. The standard InChI is InChI=1S/C26H38Br4O4/c1-3-5-7-9-11-13-15-17-18(16-14-12-10-8-6-4-2)34-26(33)20-19(25(31)32)21(27)23(29)24(30)22(20)28/h18H,3-17H2,1-2H3,(H,31,32). The highest BCUT2D eigenvalue weighted by molar-refractivity contribution is 9.15. The van der Waals surface area contributed by atoms with Crippen LogP contribution in [0.3, 0.4) is 0 Å². The van der Waals surface area contributed by atoms with Gasteiger partial charge < -0.3 is 9.84 Å². The van der Waals surface area contributed by atoms with E-state index in [-0.39, 0.29) is 17.2 Å². The molecule has 0 saturated heterocycles. The number of hydrogen-bond donors (Lipinski definition) is 1. The lowest BCUT2D eigenvalue weighted by molar-refractivity contribution is 0.0242. The summed E-state index contributed by atoms with van der Waals surface area (Å²) in [5.41, 5.74) is -0.0804. The predicted molar refractivity (Wildman–Crippen MR) is 154 cm³/mol. The number of esters is 1. The molecule has 1 unspecified atom stereocenters. The van der Waals surface area contributed by atoms with Gasteiger partial charge in [0.15, 0.2) is 0 Å². The maximum Gasteiger partial charge on any atom is 0.340 e. The first-order valence-electron chi connectivity index (χ1n) is 12.6. The van der Waals surface area contributed by atoms with Crippen molar-refractivity contribution in [3.05, 3.63) is 29.0 Å². The molecule has 8 heteroatoms. The van der Waals surface area contributed by atoms with Gasteiger partial charge in [-0.15, -0.1) is 0 Å². The highest BCUT2D eigenvalue weighted by Crippen LogP contribution is 2.42. The first-order valence-corrected chi connectivity index (χ1v) is 15.7. The van der Waals surface area contributed by atoms with Crippen LogP contribution in [0, 0.1) is 0 Å². The van der Waals surface area contributed by atoms with Crippen LogP contribution in [-0.2, 0) is 4.74 Å². The molecule has 0 saturated carbocycles. The number of carboxylic acid groups (broad SMARTS) is 1. The molecule has 0 radical (unpaired) electrons. The lowest BCUT2D eigenvalue weighted by Crippen LogP contribution is -2.21. The smallest absolute Gasteiger partial charge is 0.340 e. The number of ether oxygens (including phenoxy) is 1. The zero-order valence-electron chi connectivity index (χ0n) is 20.4. The third kappa shape index (κ3) is 11.0. The Morgan fingerprint density at radius 2 is 1.03 bits per heavy atom. The highest BCUT2D eigenvalue weighted by Gasteiger charge is 2.30. The summed E-state index contributed by atoms with van der Waals surface area (Å²) in [6, 6.07) is 0. The molecule has 1 rings (SSSR count). The van der Waals surface area contributed by atoms with Gasteiger partial charge in [-0.1, -0.05) is 84.5 Å². The van der Waals surface area contributed by atoms with E-state index in [1.165, 1.54) is 57.8 Å². The van der Waals surface area contributed by atoms with Crippen molar-refractivity contribution in [2.45, 2.75) is 116 Å². The topological polar surface area (TPSA) is 63.6 Å². The summed E-state index contributed by atoms with van der Waals surface area (Å²) in [5, 5.41) is 9.78. The minimum Gasteiger partial charge on any atom is -0.478 e. The number of benzene rings is 1. The first kappa shape index (κ1) is 32.1. The molecule has 0 aliphatic carbocycles. The Morgan fingerprint density at radius 1 is 0.647 bits per heavy atom. The van der Waals surface area contributed by atoms with E-state index in [0.717, 1.165) is 38.5 Å². The average molecular weight is 734 g/mol. The minimum atomic E-state index is -1.19. The normalized spacial score (nSPS) is 12.1. The summed E-state index contributed by atoms with van der Waals surface area (Å²) in [6.07, 6.45) is 16.9. The number of carbonyl (C=O) groups is 2. The number of hydrogen-bond acceptors (Lipinski definition) is 3. The molecule has 0 fully saturated rings. The zero-order chi connectivity index (χ0) is 25.5. The molecule has 1 aromatic carbocycles. The minimum absolute atomic E-state index is 0.0296. The molecule has 1 N–H and O–H groups in total. The van der Waals surface area contributed by atoms with Crippen molar-refractivity contribution < 1.29 is 19.4 Å². The molecule has 4 nitrogen and oxygen atoms in total. The molecule has 1 atom stereocenters. The third-order valence-corrected chi connectivity index (χ3v) is 10.7. The lowest BCUT2D eigenvalue weighted by Gasteiger charge is -2.20. The second kappa shape index (κ2) is 18.3. The molecule has 0 aromatic heterocycles. The fourth-order valence-corrected chi connectivity index (χ4v) is 6.43. The van der Waals surface area contributed by atoms with E-state index in [1.807, 2.05) is 0 Å². The van der Waals surface area contributed by atoms with E-state index in [9.17, 15) is 14.7 Å². The van der Waals surface area contributed by atoms with Gasteiger partial charge >= 0.3 is 11.9 Å². The van der Waals surface area contributed by atoms with Crippen molar-refractivity contribution in [2.24, 2.45) is 0 Å². The number of halogens is 4. The van der Waals surface area contributed by atoms with Crippen LogP contribution in [0.25, 0.3) is 0 Å². The lowest BCUT2D eigenvalue weighted by atomic mass is 10.0. The molecule has 0 heterocycles. The molecule has 0 aliphatic rings. The highest BCUT2D eigenvalue weighted by atomic mass is 79.9. The second-order valence-corrected chi connectivity index (χ2v) is 12.0. The maximum atomic E-state index is 13.2. The quantitative estimate of drug-likeness (QED) is 0.0706. The zero-order valence-corrected chi connectivity index (χ0v) is 26.7. The molecular formula is C26H38Br4O4. The summed E-state index contributed by atoms with van der Waals surface area (Å²) < 4.78 is 7.72. The van der Waals surface area contributed by atoms with Crippen molar-refractivity contribution in [1.82, 2.24) is 0 Å². The average Bonchev–Trinajstić information content (AvgIpc) is 2.80. The summed E-state index contributed by atoms with van der Waals surface area (Å²) in [4.78, 5) is 25.2. The van der Waals surface area contributed by atoms with Gasteiger partial charge in [-0.05, 0) is 89.4 Å². The first-order chi connectivity index (χ1) is 16.3. The Morgan fingerprint density at radius 3 is 1.44 bits per heavy atom. The number of aromatic carboxylic acids is 1. The van der Waals surface area contributed by atoms with Crippen molar-refractivity contribution >= 4 is 75.7 Å². The number of carbonyl (C=O) groups excluding carboxylic acids is 1. The van der Waals surface area contributed by atoms with Crippen LogP contribution >= 0.6 is 63.7 Å². The van der Waals surface area contributed by atoms with Crippen LogP contribution in [0.5, 0.6) is 0 Å². The second-order valence-electron chi connectivity index (χ2n) is 8.80. The molecule has 1 aromatic rings. The number of rotatable bonds is 18. The molecular weight excluding hydrogens is 696 g/mol. The Hall–Kier alpha value is 0.0800. The van der Waals surface area contributed by atoms with Crippen LogP contribution in [0.2, 0.25) is 0 Å². The van der Waals surface area contributed by atoms with E-state index in [4.69, 9.17) is 4.74 Å². The van der Waals surface area contributed by atoms with Crippen LogP contribution in [0.15, 0.2) is 17.9 Å². The molecule has 0 aliphatic heterocycles. The van der Waals surface area contributed by atoms with Gasteiger partial charge in [0.2, 0.25) is 0 Å². The van der Waals surface area contributed by atoms with Crippen LogP contribution < -0.4 is 0 Å². The summed E-state index contributed by atoms with van der Waals surface area (Å²) in [7, 11) is 0. The summed E-state index contributed by atoms with van der Waals surface area (Å²) >= 11 is 13.5. The van der Waals surface area contributed by atoms with E-state index in [2.05, 4.69) is 77.6 Å². The van der Waals surface area contributed by atoms with Gasteiger partial charge in [0, 0.05) is 17.9 Å². The van der Waals surface area contributed by atoms with Gasteiger partial charge in [-0.25, -0.2) is 9.59 Å². The fraction of sp³-hybridized carbons (Fsp3) is 0.692. The molecule has 0 spiro atoms. The molecule has 194 valence electrons. The number of unbranched alkanes of at least 4 members (excludes halogenated alkanes) is 11. The fourth-order valence-electron chi connectivity index (χ4n) is 3.98. The van der Waals surface area contributed by atoms with E-state index in [0.29, 0.717) is 17.9 Å². The molecule has 0 bridgehead atoms. The van der Waals surface area contributed by atoms with Gasteiger partial charge in [0.25, 0.3) is 0 Å². The Kier molecular flexibility index (Phi) is 17.3. The summed E-state index contributed by atoms with van der Waals surface area (Å²) in [6.45, 7) is 4.43. The third-order valence-electron chi connectivity index (χ3n) is 5.97. The predicted octanol–water partition coefficient (Wildman–Crippen LogP) is 10.9. The Labute approximate surface area is 238 Å². The van der Waals surface area contributed by atoms with Crippen molar-refractivity contribution in [2.75, 3.05) is 0 Å². The largest absolute Gasteiger partial charge is 0.478 e. The molecule has 34 heavy (non-hydrogen) atoms. The molecule has 0 amide bonds. The van der Waals surface area contributed by atoms with Gasteiger partial charge in [-0.3, -0.25) is 0 Å².